The number of amides is 3. The van der Waals surface area contributed by atoms with E-state index < -0.39 is 25.1 Å². The molecule has 0 aliphatic heterocycles. The molecule has 15 heteroatoms. The number of hydrogen-bond acceptors (Lipinski definition) is 9. The number of aliphatic hydroxyl groups excluding tert-OH is 6. The molecule has 12 nitrogen and oxygen atoms in total. The van der Waals surface area contributed by atoms with Crippen LogP contribution in [0.4, 0.5) is 0 Å². The maximum Gasteiger partial charge on any atom is 0.252 e. The fourth-order valence-corrected chi connectivity index (χ4v) is 7.11. The smallest absolute Gasteiger partial charge is 0.252 e. The predicted octanol–water partition coefficient (Wildman–Crippen LogP) is -1.97. The second-order valence-electron chi connectivity index (χ2n) is 7.62. The maximum atomic E-state index is 13.7. The van der Waals surface area contributed by atoms with Crippen molar-refractivity contribution in [3.05, 3.63) is 20.8 Å². The van der Waals surface area contributed by atoms with Gasteiger partial charge in [-0.25, -0.2) is 0 Å². The molecule has 0 bridgehead atoms. The van der Waals surface area contributed by atoms with Crippen molar-refractivity contribution in [3.63, 3.8) is 0 Å². The first kappa shape index (κ1) is 33.9. The van der Waals surface area contributed by atoms with Gasteiger partial charge in [-0.3, -0.25) is 14.4 Å². The zero-order valence-corrected chi connectivity index (χ0v) is 26.0. The minimum absolute atomic E-state index is 0.0747. The van der Waals surface area contributed by atoms with Crippen LogP contribution < -0.4 is 0 Å². The molecule has 6 N–H and O–H groups in total. The van der Waals surface area contributed by atoms with Gasteiger partial charge in [0.05, 0.1) is 43.6 Å². The van der Waals surface area contributed by atoms with Crippen LogP contribution in [-0.4, -0.2) is 149 Å². The Hall–Kier alpha value is -0.160. The molecule has 3 amide bonds. The summed E-state index contributed by atoms with van der Waals surface area (Å²) in [5.74, 6) is -1.70. The SMILES string of the molecule is O=C(C1=CC(I)(C(=O)N(CCO)CCO)C(I)=C(C(=O)N(CCO)CCO)C1I)N(CCO)CCO. The molecule has 1 aliphatic carbocycles. The Morgan fingerprint density at radius 1 is 0.722 bits per heavy atom. The third-order valence-electron chi connectivity index (χ3n) is 5.31. The fraction of sp³-hybridized carbons (Fsp3) is 0.667. The molecule has 1 rings (SSSR count). The van der Waals surface area contributed by atoms with Crippen LogP contribution in [0.5, 0.6) is 0 Å². The third-order valence-corrected chi connectivity index (χ3v) is 10.4. The summed E-state index contributed by atoms with van der Waals surface area (Å²) in [6.45, 7) is -2.63. The molecule has 2 unspecified atom stereocenters. The highest BCUT2D eigenvalue weighted by molar-refractivity contribution is 14.1. The van der Waals surface area contributed by atoms with E-state index in [2.05, 4.69) is 0 Å². The zero-order chi connectivity index (χ0) is 27.5. The molecular formula is C21H32I3N3O9. The summed E-state index contributed by atoms with van der Waals surface area (Å²) in [4.78, 5) is 44.5. The van der Waals surface area contributed by atoms with E-state index in [1.54, 1.807) is 0 Å². The molecule has 36 heavy (non-hydrogen) atoms. The molecule has 206 valence electrons. The van der Waals surface area contributed by atoms with Crippen molar-refractivity contribution in [2.45, 2.75) is 7.35 Å². The Bertz CT molecular complexity index is 825. The lowest BCUT2D eigenvalue weighted by Gasteiger charge is -2.38. The van der Waals surface area contributed by atoms with Crippen LogP contribution in [0.3, 0.4) is 0 Å². The van der Waals surface area contributed by atoms with Gasteiger partial charge >= 0.3 is 0 Å². The van der Waals surface area contributed by atoms with Gasteiger partial charge in [-0.1, -0.05) is 45.2 Å². The molecule has 0 aromatic rings. The lowest BCUT2D eigenvalue weighted by molar-refractivity contribution is -0.132. The Kier molecular flexibility index (Phi) is 15.7. The second kappa shape index (κ2) is 16.7. The largest absolute Gasteiger partial charge is 0.395 e. The Balaban J connectivity index is 3.77. The summed E-state index contributed by atoms with van der Waals surface area (Å²) in [7, 11) is 0. The highest BCUT2D eigenvalue weighted by atomic mass is 127. The van der Waals surface area contributed by atoms with Crippen LogP contribution in [0.2, 0.25) is 0 Å². The summed E-state index contributed by atoms with van der Waals surface area (Å²) in [5, 5.41) is 56.6. The second-order valence-corrected chi connectivity index (χ2v) is 11.6. The number of carbonyl (C=O) groups excluding carboxylic acids is 3. The number of aliphatic hydroxyl groups is 6. The third kappa shape index (κ3) is 8.17. The van der Waals surface area contributed by atoms with Crippen molar-refractivity contribution >= 4 is 85.5 Å². The van der Waals surface area contributed by atoms with Crippen LogP contribution >= 0.6 is 67.8 Å². The van der Waals surface area contributed by atoms with Gasteiger partial charge < -0.3 is 45.3 Å². The number of halogens is 3. The lowest BCUT2D eigenvalue weighted by atomic mass is 9.88. The molecular weight excluding hydrogens is 819 g/mol. The standard InChI is InChI=1S/C21H32I3N3O9/c22-16-14(18(34)25(1-7-28)2-8-29)13-21(24,20(36)27(5-11-32)6-12-33)17(23)15(16)19(35)26(3-9-30)4-10-31/h13,16,28-33H,1-12H2. The molecule has 0 radical (unpaired) electrons. The summed E-state index contributed by atoms with van der Waals surface area (Å²) in [6.07, 6.45) is 1.44. The Labute approximate surface area is 250 Å². The van der Waals surface area contributed by atoms with Crippen molar-refractivity contribution in [2.75, 3.05) is 78.9 Å². The Morgan fingerprint density at radius 2 is 1.08 bits per heavy atom. The van der Waals surface area contributed by atoms with Crippen molar-refractivity contribution < 1.29 is 45.0 Å². The van der Waals surface area contributed by atoms with Crippen LogP contribution in [-0.2, 0) is 14.4 Å². The van der Waals surface area contributed by atoms with Gasteiger partial charge in [0.15, 0.2) is 3.42 Å². The van der Waals surface area contributed by atoms with E-state index in [1.807, 2.05) is 67.8 Å². The normalized spacial score (nSPS) is 19.7. The van der Waals surface area contributed by atoms with Gasteiger partial charge in [0.2, 0.25) is 5.91 Å². The topological polar surface area (TPSA) is 182 Å². The number of hydrogen-bond donors (Lipinski definition) is 6. The van der Waals surface area contributed by atoms with Gasteiger partial charge in [-0.05, 0) is 28.7 Å². The van der Waals surface area contributed by atoms with Gasteiger partial charge in [-0.15, -0.1) is 0 Å². The number of alkyl halides is 2. The monoisotopic (exact) mass is 851 g/mol. The van der Waals surface area contributed by atoms with E-state index in [-0.39, 0.29) is 90.1 Å². The molecule has 1 aliphatic rings. The molecule has 0 aromatic carbocycles. The number of nitrogens with zero attached hydrogens (tertiary/aromatic N) is 3. The summed E-state index contributed by atoms with van der Waals surface area (Å²) in [6, 6.07) is 0. The quantitative estimate of drug-likeness (QED) is 0.0806. The Morgan fingerprint density at radius 3 is 1.47 bits per heavy atom. The summed E-state index contributed by atoms with van der Waals surface area (Å²) >= 11 is 5.63. The van der Waals surface area contributed by atoms with Crippen LogP contribution in [0, 0.1) is 0 Å². The average Bonchev–Trinajstić information content (AvgIpc) is 2.85. The highest BCUT2D eigenvalue weighted by Crippen LogP contribution is 2.47. The van der Waals surface area contributed by atoms with Crippen molar-refractivity contribution in [3.8, 4) is 0 Å². The van der Waals surface area contributed by atoms with Crippen molar-refractivity contribution in [1.29, 1.82) is 0 Å². The molecule has 0 heterocycles. The molecule has 0 fully saturated rings. The van der Waals surface area contributed by atoms with E-state index in [1.165, 1.54) is 20.8 Å². The van der Waals surface area contributed by atoms with E-state index in [0.29, 0.717) is 3.58 Å². The van der Waals surface area contributed by atoms with Crippen LogP contribution in [0.1, 0.15) is 0 Å². The predicted molar refractivity (Wildman–Crippen MR) is 156 cm³/mol. The summed E-state index contributed by atoms with van der Waals surface area (Å²) < 4.78 is -2.06. The van der Waals surface area contributed by atoms with Gasteiger partial charge in [0.1, 0.15) is 0 Å². The molecule has 0 saturated carbocycles. The maximum absolute atomic E-state index is 13.7. The fourth-order valence-electron chi connectivity index (χ4n) is 3.59. The van der Waals surface area contributed by atoms with E-state index in [4.69, 9.17) is 0 Å². The average molecular weight is 851 g/mol. The van der Waals surface area contributed by atoms with Crippen molar-refractivity contribution in [1.82, 2.24) is 14.7 Å². The first-order valence-corrected chi connectivity index (χ1v) is 14.5. The summed E-state index contributed by atoms with van der Waals surface area (Å²) in [5.41, 5.74) is 0.206. The van der Waals surface area contributed by atoms with Gasteiger partial charge in [0, 0.05) is 54.0 Å². The van der Waals surface area contributed by atoms with E-state index >= 15 is 0 Å². The molecule has 0 saturated heterocycles. The zero-order valence-electron chi connectivity index (χ0n) is 19.5. The van der Waals surface area contributed by atoms with Crippen LogP contribution in [0.25, 0.3) is 0 Å². The molecule has 2 atom stereocenters. The minimum atomic E-state index is -1.55. The molecule has 0 spiro atoms. The highest BCUT2D eigenvalue weighted by Gasteiger charge is 2.49. The van der Waals surface area contributed by atoms with Gasteiger partial charge in [0.25, 0.3) is 11.8 Å². The first-order chi connectivity index (χ1) is 17.1. The van der Waals surface area contributed by atoms with E-state index in [9.17, 15) is 45.0 Å². The van der Waals surface area contributed by atoms with Crippen molar-refractivity contribution in [2.24, 2.45) is 0 Å². The van der Waals surface area contributed by atoms with Crippen LogP contribution in [0.15, 0.2) is 20.8 Å². The minimum Gasteiger partial charge on any atom is -0.395 e. The van der Waals surface area contributed by atoms with E-state index in [0.717, 1.165) is 0 Å². The number of rotatable bonds is 15. The van der Waals surface area contributed by atoms with Gasteiger partial charge in [-0.2, -0.15) is 0 Å². The first-order valence-electron chi connectivity index (χ1n) is 11.1. The lowest BCUT2D eigenvalue weighted by Crippen LogP contribution is -2.51. The number of carbonyl (C=O) groups is 3. The molecule has 0 aromatic heterocycles.